The van der Waals surface area contributed by atoms with E-state index in [1.54, 1.807) is 12.1 Å². The monoisotopic (exact) mass is 532 g/mol. The molecule has 0 unspecified atom stereocenters. The summed E-state index contributed by atoms with van der Waals surface area (Å²) in [5, 5.41) is 5.93. The van der Waals surface area contributed by atoms with E-state index in [9.17, 15) is 4.79 Å². The van der Waals surface area contributed by atoms with Crippen molar-refractivity contribution in [2.24, 2.45) is 5.92 Å². The minimum atomic E-state index is -0.317. The number of ether oxygens (including phenoxy) is 1. The van der Waals surface area contributed by atoms with E-state index in [-0.39, 0.29) is 11.0 Å². The van der Waals surface area contributed by atoms with E-state index < -0.39 is 0 Å². The summed E-state index contributed by atoms with van der Waals surface area (Å²) in [6.45, 7) is 4.64. The van der Waals surface area contributed by atoms with Gasteiger partial charge in [-0.25, -0.2) is 0 Å². The van der Waals surface area contributed by atoms with Crippen LogP contribution in [0.4, 0.5) is 5.69 Å². The molecule has 0 spiro atoms. The van der Waals surface area contributed by atoms with E-state index in [1.165, 1.54) is 0 Å². The Hall–Kier alpha value is -1.19. The van der Waals surface area contributed by atoms with Crippen LogP contribution < -0.4 is 15.4 Å². The fourth-order valence-electron chi connectivity index (χ4n) is 1.93. The van der Waals surface area contributed by atoms with Crippen LogP contribution in [0.15, 0.2) is 46.9 Å². The van der Waals surface area contributed by atoms with Gasteiger partial charge in [-0.05, 0) is 83.2 Å². The van der Waals surface area contributed by atoms with Crippen molar-refractivity contribution in [3.05, 3.63) is 56.1 Å². The number of thiocarbonyl (C=S) groups is 1. The molecule has 0 bridgehead atoms. The molecular weight excluding hydrogens is 515 g/mol. The Bertz CT molecular complexity index is 766. The van der Waals surface area contributed by atoms with Gasteiger partial charge in [0, 0.05) is 13.7 Å². The topological polar surface area (TPSA) is 50.4 Å². The van der Waals surface area contributed by atoms with Gasteiger partial charge in [0.2, 0.25) is 0 Å². The molecule has 0 saturated carbocycles. The van der Waals surface area contributed by atoms with Crippen LogP contribution in [-0.4, -0.2) is 17.6 Å². The molecule has 2 aromatic carbocycles. The first-order valence-electron chi connectivity index (χ1n) is 7.65. The fourth-order valence-corrected chi connectivity index (χ4v) is 2.86. The highest BCUT2D eigenvalue weighted by atomic mass is 127. The van der Waals surface area contributed by atoms with Gasteiger partial charge in [-0.2, -0.15) is 0 Å². The Morgan fingerprint density at radius 3 is 2.56 bits per heavy atom. The maximum atomic E-state index is 12.6. The molecule has 0 heterocycles. The molecule has 1 amide bonds. The Morgan fingerprint density at radius 2 is 1.92 bits per heavy atom. The molecule has 0 aliphatic carbocycles. The number of rotatable bonds is 5. The van der Waals surface area contributed by atoms with E-state index in [0.717, 1.165) is 13.7 Å². The summed E-state index contributed by atoms with van der Waals surface area (Å²) in [6, 6.07) is 13.1. The van der Waals surface area contributed by atoms with Gasteiger partial charge >= 0.3 is 0 Å². The Balaban J connectivity index is 2.07. The van der Waals surface area contributed by atoms with E-state index in [2.05, 4.69) is 63.0 Å². The summed E-state index contributed by atoms with van der Waals surface area (Å²) in [5.41, 5.74) is 1.25. The second-order valence-electron chi connectivity index (χ2n) is 5.76. The molecule has 2 rings (SSSR count). The summed E-state index contributed by atoms with van der Waals surface area (Å²) >= 11 is 10.8. The van der Waals surface area contributed by atoms with Crippen LogP contribution in [0, 0.1) is 9.49 Å². The van der Waals surface area contributed by atoms with Crippen molar-refractivity contribution in [1.29, 1.82) is 0 Å². The van der Waals surface area contributed by atoms with Crippen molar-refractivity contribution in [2.75, 3.05) is 11.9 Å². The third-order valence-corrected chi connectivity index (χ3v) is 4.50. The first-order valence-corrected chi connectivity index (χ1v) is 9.93. The molecule has 0 radical (unpaired) electrons. The normalized spacial score (nSPS) is 10.4. The van der Waals surface area contributed by atoms with Gasteiger partial charge in [0.1, 0.15) is 5.75 Å². The molecule has 0 aromatic heterocycles. The zero-order valence-electron chi connectivity index (χ0n) is 13.8. The van der Waals surface area contributed by atoms with Crippen molar-refractivity contribution < 1.29 is 9.53 Å². The number of hydrogen-bond donors (Lipinski definition) is 2. The van der Waals surface area contributed by atoms with Crippen LogP contribution >= 0.6 is 50.7 Å². The minimum Gasteiger partial charge on any atom is -0.492 e. The van der Waals surface area contributed by atoms with Gasteiger partial charge in [0.25, 0.3) is 5.91 Å². The molecular formula is C18H18BrIN2O2S. The molecule has 2 aromatic rings. The Kier molecular flexibility index (Phi) is 7.64. The highest BCUT2D eigenvalue weighted by Crippen LogP contribution is 2.24. The van der Waals surface area contributed by atoms with Crippen molar-refractivity contribution in [2.45, 2.75) is 13.8 Å². The van der Waals surface area contributed by atoms with Crippen LogP contribution in [-0.2, 0) is 0 Å². The van der Waals surface area contributed by atoms with E-state index in [1.807, 2.05) is 30.3 Å². The smallest absolute Gasteiger partial charge is 0.261 e. The Labute approximate surface area is 175 Å². The number of halogens is 2. The number of benzene rings is 2. The minimum absolute atomic E-state index is 0.237. The van der Waals surface area contributed by atoms with Crippen LogP contribution in [0.3, 0.4) is 0 Å². The lowest BCUT2D eigenvalue weighted by atomic mass is 10.2. The summed E-state index contributed by atoms with van der Waals surface area (Å²) in [6.07, 6.45) is 0. The zero-order chi connectivity index (χ0) is 18.4. The van der Waals surface area contributed by atoms with Crippen LogP contribution in [0.2, 0.25) is 0 Å². The third-order valence-electron chi connectivity index (χ3n) is 3.09. The number of carbonyl (C=O) groups is 1. The van der Waals surface area contributed by atoms with Gasteiger partial charge in [0.15, 0.2) is 5.11 Å². The largest absolute Gasteiger partial charge is 0.492 e. The van der Waals surface area contributed by atoms with Gasteiger partial charge in [-0.3, -0.25) is 10.1 Å². The second-order valence-corrected chi connectivity index (χ2v) is 8.33. The molecule has 132 valence electrons. The maximum Gasteiger partial charge on any atom is 0.261 e. The van der Waals surface area contributed by atoms with Gasteiger partial charge in [-0.1, -0.05) is 29.8 Å². The number of anilines is 1. The van der Waals surface area contributed by atoms with Crippen LogP contribution in [0.5, 0.6) is 5.75 Å². The maximum absolute atomic E-state index is 12.6. The molecule has 7 heteroatoms. The molecule has 0 atom stereocenters. The van der Waals surface area contributed by atoms with Crippen LogP contribution in [0.25, 0.3) is 0 Å². The standard InChI is InChI=1S/C18H18BrIN2O2S/c1-11(2)10-24-16-8-3-12(19)9-15(16)17(23)22-18(25)21-14-6-4-13(20)5-7-14/h3-9,11H,10H2,1-2H3,(H2,21,22,23,25). The predicted octanol–water partition coefficient (Wildman–Crippen LogP) is 5.22. The third kappa shape index (κ3) is 6.56. The average molecular weight is 533 g/mol. The van der Waals surface area contributed by atoms with Crippen molar-refractivity contribution >= 4 is 67.4 Å². The molecule has 2 N–H and O–H groups in total. The summed E-state index contributed by atoms with van der Waals surface area (Å²) in [7, 11) is 0. The summed E-state index contributed by atoms with van der Waals surface area (Å²) in [5.74, 6) is 0.581. The number of carbonyl (C=O) groups excluding carboxylic acids is 1. The highest BCUT2D eigenvalue weighted by molar-refractivity contribution is 14.1. The van der Waals surface area contributed by atoms with Crippen LogP contribution in [0.1, 0.15) is 24.2 Å². The molecule has 4 nitrogen and oxygen atoms in total. The quantitative estimate of drug-likeness (QED) is 0.409. The first-order chi connectivity index (χ1) is 11.8. The number of hydrogen-bond acceptors (Lipinski definition) is 3. The average Bonchev–Trinajstić information content (AvgIpc) is 2.55. The van der Waals surface area contributed by atoms with Crippen molar-refractivity contribution in [3.8, 4) is 5.75 Å². The zero-order valence-corrected chi connectivity index (χ0v) is 18.4. The fraction of sp³-hybridized carbons (Fsp3) is 0.222. The summed E-state index contributed by atoms with van der Waals surface area (Å²) in [4.78, 5) is 12.6. The van der Waals surface area contributed by atoms with E-state index in [4.69, 9.17) is 17.0 Å². The molecule has 0 aliphatic rings. The van der Waals surface area contributed by atoms with Crippen molar-refractivity contribution in [1.82, 2.24) is 5.32 Å². The van der Waals surface area contributed by atoms with E-state index >= 15 is 0 Å². The van der Waals surface area contributed by atoms with E-state index in [0.29, 0.717) is 23.8 Å². The van der Waals surface area contributed by atoms with Crippen molar-refractivity contribution in [3.63, 3.8) is 0 Å². The van der Waals surface area contributed by atoms with Gasteiger partial charge in [-0.15, -0.1) is 0 Å². The highest BCUT2D eigenvalue weighted by Gasteiger charge is 2.15. The lowest BCUT2D eigenvalue weighted by molar-refractivity contribution is 0.0973. The lowest BCUT2D eigenvalue weighted by Crippen LogP contribution is -2.34. The predicted molar refractivity (Wildman–Crippen MR) is 117 cm³/mol. The SMILES string of the molecule is CC(C)COc1ccc(Br)cc1C(=O)NC(=S)Nc1ccc(I)cc1. The molecule has 0 fully saturated rings. The number of nitrogens with one attached hydrogen (secondary N) is 2. The molecule has 0 saturated heterocycles. The Morgan fingerprint density at radius 1 is 1.24 bits per heavy atom. The second kappa shape index (κ2) is 9.49. The van der Waals surface area contributed by atoms with Gasteiger partial charge in [0.05, 0.1) is 12.2 Å². The molecule has 0 aliphatic heterocycles. The van der Waals surface area contributed by atoms with Gasteiger partial charge < -0.3 is 10.1 Å². The first kappa shape index (κ1) is 20.1. The lowest BCUT2D eigenvalue weighted by Gasteiger charge is -2.14. The summed E-state index contributed by atoms with van der Waals surface area (Å²) < 4.78 is 7.66. The molecule has 25 heavy (non-hydrogen) atoms. The number of amides is 1.